The van der Waals surface area contributed by atoms with Crippen molar-refractivity contribution in [2.24, 2.45) is 5.92 Å². The molecule has 1 aliphatic heterocycles. The summed E-state index contributed by atoms with van der Waals surface area (Å²) in [7, 11) is 0. The molecule has 2 aromatic carbocycles. The van der Waals surface area contributed by atoms with Crippen LogP contribution in [0.5, 0.6) is 17.4 Å². The number of aromatic nitrogens is 1. The Morgan fingerprint density at radius 3 is 2.53 bits per heavy atom. The lowest BCUT2D eigenvalue weighted by Crippen LogP contribution is -2.33. The minimum absolute atomic E-state index is 0.0339. The smallest absolute Gasteiger partial charge is 0.225 e. The molecule has 0 bridgehead atoms. The van der Waals surface area contributed by atoms with Crippen LogP contribution in [0.4, 0.5) is 0 Å². The van der Waals surface area contributed by atoms with E-state index in [1.54, 1.807) is 17.2 Å². The molecule has 7 heteroatoms. The van der Waals surface area contributed by atoms with Gasteiger partial charge >= 0.3 is 0 Å². The zero-order chi connectivity index (χ0) is 23.8. The monoisotopic (exact) mass is 459 g/mol. The number of para-hydroxylation sites is 2. The molecule has 1 aromatic heterocycles. The second-order valence-electron chi connectivity index (χ2n) is 8.18. The highest BCUT2D eigenvalue weighted by molar-refractivity contribution is 5.89. The number of hydrogen-bond donors (Lipinski definition) is 1. The van der Waals surface area contributed by atoms with Crippen molar-refractivity contribution in [3.8, 4) is 17.4 Å². The summed E-state index contributed by atoms with van der Waals surface area (Å²) in [6.07, 6.45) is 2.71. The molecule has 1 N–H and O–H groups in total. The van der Waals surface area contributed by atoms with Crippen molar-refractivity contribution in [2.45, 2.75) is 26.3 Å². The first-order chi connectivity index (χ1) is 16.6. The zero-order valence-corrected chi connectivity index (χ0v) is 19.3. The first kappa shape index (κ1) is 23.3. The van der Waals surface area contributed by atoms with Gasteiger partial charge in [0.25, 0.3) is 0 Å². The third kappa shape index (κ3) is 6.13. The maximum absolute atomic E-state index is 12.6. The molecule has 0 radical (unpaired) electrons. The number of hydrogen-bond acceptors (Lipinski definition) is 5. The van der Waals surface area contributed by atoms with Crippen LogP contribution in [0.15, 0.2) is 72.9 Å². The summed E-state index contributed by atoms with van der Waals surface area (Å²) < 4.78 is 11.4. The fourth-order valence-electron chi connectivity index (χ4n) is 3.90. The third-order valence-corrected chi connectivity index (χ3v) is 5.73. The Morgan fingerprint density at radius 2 is 1.79 bits per heavy atom. The van der Waals surface area contributed by atoms with Gasteiger partial charge < -0.3 is 19.7 Å². The van der Waals surface area contributed by atoms with E-state index in [9.17, 15) is 9.59 Å². The molecule has 1 unspecified atom stereocenters. The predicted octanol–water partition coefficient (Wildman–Crippen LogP) is 3.98. The Morgan fingerprint density at radius 1 is 1.03 bits per heavy atom. The van der Waals surface area contributed by atoms with Gasteiger partial charge in [-0.3, -0.25) is 9.59 Å². The van der Waals surface area contributed by atoms with E-state index in [4.69, 9.17) is 9.47 Å². The van der Waals surface area contributed by atoms with Gasteiger partial charge in [0, 0.05) is 38.3 Å². The van der Waals surface area contributed by atoms with E-state index in [1.807, 2.05) is 67.6 Å². The summed E-state index contributed by atoms with van der Waals surface area (Å²) >= 11 is 0. The van der Waals surface area contributed by atoms with E-state index < -0.39 is 0 Å². The normalized spacial score (nSPS) is 15.3. The highest BCUT2D eigenvalue weighted by Gasteiger charge is 2.33. The SMILES string of the molecule is CCOc1ccccc1Oc1ccc(CNC(=O)C2CC(=O)N(CCc3ccccc3)C2)cn1. The summed E-state index contributed by atoms with van der Waals surface area (Å²) in [4.78, 5) is 31.1. The second-order valence-corrected chi connectivity index (χ2v) is 8.18. The Kier molecular flexibility index (Phi) is 7.75. The van der Waals surface area contributed by atoms with Gasteiger partial charge in [-0.05, 0) is 36.6 Å². The first-order valence-electron chi connectivity index (χ1n) is 11.6. The molecule has 0 aliphatic carbocycles. The van der Waals surface area contributed by atoms with Crippen LogP contribution in [0.25, 0.3) is 0 Å². The van der Waals surface area contributed by atoms with Gasteiger partial charge in [-0.15, -0.1) is 0 Å². The van der Waals surface area contributed by atoms with Crippen molar-refractivity contribution in [1.29, 1.82) is 0 Å². The number of nitrogens with zero attached hydrogens (tertiary/aromatic N) is 2. The largest absolute Gasteiger partial charge is 0.490 e. The van der Waals surface area contributed by atoms with Gasteiger partial charge in [0.2, 0.25) is 17.7 Å². The minimum atomic E-state index is -0.325. The molecule has 1 atom stereocenters. The molecular weight excluding hydrogens is 430 g/mol. The van der Waals surface area contributed by atoms with E-state index in [0.29, 0.717) is 43.6 Å². The topological polar surface area (TPSA) is 80.8 Å². The molecule has 2 heterocycles. The molecule has 1 aliphatic rings. The van der Waals surface area contributed by atoms with Crippen LogP contribution in [-0.4, -0.2) is 41.4 Å². The van der Waals surface area contributed by atoms with E-state index in [-0.39, 0.29) is 24.2 Å². The molecule has 34 heavy (non-hydrogen) atoms. The highest BCUT2D eigenvalue weighted by atomic mass is 16.5. The Labute approximate surface area is 199 Å². The van der Waals surface area contributed by atoms with Gasteiger partial charge in [0.05, 0.1) is 12.5 Å². The van der Waals surface area contributed by atoms with Gasteiger partial charge in [0.1, 0.15) is 0 Å². The average Bonchev–Trinajstić information content (AvgIpc) is 3.24. The lowest BCUT2D eigenvalue weighted by atomic mass is 10.1. The van der Waals surface area contributed by atoms with E-state index in [0.717, 1.165) is 12.0 Å². The van der Waals surface area contributed by atoms with Crippen molar-refractivity contribution < 1.29 is 19.1 Å². The van der Waals surface area contributed by atoms with Crippen LogP contribution in [0.2, 0.25) is 0 Å². The standard InChI is InChI=1S/C27H29N3O4/c1-2-33-23-10-6-7-11-24(23)34-25-13-12-21(17-28-25)18-29-27(32)22-16-26(31)30(19-22)15-14-20-8-4-3-5-9-20/h3-13,17,22H,2,14-16,18-19H2,1H3,(H,29,32). The summed E-state index contributed by atoms with van der Waals surface area (Å²) in [6.45, 7) is 3.90. The predicted molar refractivity (Wildman–Crippen MR) is 129 cm³/mol. The Bertz CT molecular complexity index is 1100. The van der Waals surface area contributed by atoms with Gasteiger partial charge in [-0.1, -0.05) is 48.5 Å². The van der Waals surface area contributed by atoms with Crippen molar-refractivity contribution >= 4 is 11.8 Å². The Hall–Kier alpha value is -3.87. The van der Waals surface area contributed by atoms with Crippen LogP contribution in [-0.2, 0) is 22.6 Å². The molecule has 1 fully saturated rings. The minimum Gasteiger partial charge on any atom is -0.490 e. The first-order valence-corrected chi connectivity index (χ1v) is 11.6. The van der Waals surface area contributed by atoms with Crippen LogP contribution in [0, 0.1) is 5.92 Å². The summed E-state index contributed by atoms with van der Waals surface area (Å²) in [6, 6.07) is 21.1. The number of ether oxygens (including phenoxy) is 2. The summed E-state index contributed by atoms with van der Waals surface area (Å²) in [5.41, 5.74) is 2.04. The number of rotatable bonds is 10. The molecule has 176 valence electrons. The molecule has 1 saturated heterocycles. The maximum atomic E-state index is 12.6. The maximum Gasteiger partial charge on any atom is 0.225 e. The number of amides is 2. The van der Waals surface area contributed by atoms with Crippen molar-refractivity contribution in [3.05, 3.63) is 84.1 Å². The number of carbonyl (C=O) groups is 2. The molecule has 3 aromatic rings. The van der Waals surface area contributed by atoms with E-state index in [1.165, 1.54) is 5.56 Å². The summed E-state index contributed by atoms with van der Waals surface area (Å²) in [5.74, 6) is 1.30. The van der Waals surface area contributed by atoms with Gasteiger partial charge in [-0.25, -0.2) is 4.98 Å². The van der Waals surface area contributed by atoms with Gasteiger partial charge in [0.15, 0.2) is 11.5 Å². The number of carbonyl (C=O) groups excluding carboxylic acids is 2. The third-order valence-electron chi connectivity index (χ3n) is 5.73. The number of likely N-dealkylation sites (tertiary alicyclic amines) is 1. The quantitative estimate of drug-likeness (QED) is 0.496. The van der Waals surface area contributed by atoms with Gasteiger partial charge in [-0.2, -0.15) is 0 Å². The molecular formula is C27H29N3O4. The van der Waals surface area contributed by atoms with Crippen LogP contribution >= 0.6 is 0 Å². The average molecular weight is 460 g/mol. The van der Waals surface area contributed by atoms with Crippen LogP contribution in [0.3, 0.4) is 0 Å². The summed E-state index contributed by atoms with van der Waals surface area (Å²) in [5, 5.41) is 2.93. The number of benzene rings is 2. The van der Waals surface area contributed by atoms with Crippen molar-refractivity contribution in [2.75, 3.05) is 19.7 Å². The van der Waals surface area contributed by atoms with E-state index in [2.05, 4.69) is 10.3 Å². The molecule has 4 rings (SSSR count). The zero-order valence-electron chi connectivity index (χ0n) is 19.3. The lowest BCUT2D eigenvalue weighted by molar-refractivity contribution is -0.129. The Balaban J connectivity index is 1.25. The fraction of sp³-hybridized carbons (Fsp3) is 0.296. The molecule has 2 amide bonds. The highest BCUT2D eigenvalue weighted by Crippen LogP contribution is 2.30. The fourth-order valence-corrected chi connectivity index (χ4v) is 3.90. The molecule has 0 spiro atoms. The van der Waals surface area contributed by atoms with Crippen LogP contribution < -0.4 is 14.8 Å². The van der Waals surface area contributed by atoms with E-state index >= 15 is 0 Å². The van der Waals surface area contributed by atoms with Crippen molar-refractivity contribution in [3.63, 3.8) is 0 Å². The lowest BCUT2D eigenvalue weighted by Gasteiger charge is -2.16. The number of nitrogens with one attached hydrogen (secondary N) is 1. The molecule has 7 nitrogen and oxygen atoms in total. The number of pyridine rings is 1. The second kappa shape index (κ2) is 11.3. The molecule has 0 saturated carbocycles. The van der Waals surface area contributed by atoms with Crippen molar-refractivity contribution in [1.82, 2.24) is 15.2 Å². The van der Waals surface area contributed by atoms with Crippen LogP contribution in [0.1, 0.15) is 24.5 Å².